The van der Waals surface area contributed by atoms with Gasteiger partial charge in [-0.3, -0.25) is 52.9 Å². The number of aliphatic hydroxyl groups is 1. The van der Waals surface area contributed by atoms with Crippen LogP contribution in [0.25, 0.3) is 0 Å². The summed E-state index contributed by atoms with van der Waals surface area (Å²) in [6.07, 6.45) is 1.21. The van der Waals surface area contributed by atoms with E-state index in [0.29, 0.717) is 36.8 Å². The van der Waals surface area contributed by atoms with Gasteiger partial charge in [0, 0.05) is 26.6 Å². The summed E-state index contributed by atoms with van der Waals surface area (Å²) in [5, 5.41) is 57.4. The van der Waals surface area contributed by atoms with Crippen LogP contribution >= 0.6 is 0 Å². The van der Waals surface area contributed by atoms with Crippen molar-refractivity contribution in [1.82, 2.24) is 47.0 Å². The van der Waals surface area contributed by atoms with E-state index in [1.165, 1.54) is 31.0 Å². The Morgan fingerprint density at radius 3 is 1.84 bits per heavy atom. The van der Waals surface area contributed by atoms with E-state index >= 15 is 0 Å². The number of phenols is 1. The highest BCUT2D eigenvalue weighted by atomic mass is 16.4. The summed E-state index contributed by atoms with van der Waals surface area (Å²) in [7, 11) is 1.27. The second kappa shape index (κ2) is 37.2. The summed E-state index contributed by atoms with van der Waals surface area (Å²) >= 11 is 0. The number of rotatable bonds is 38. The van der Waals surface area contributed by atoms with Gasteiger partial charge in [-0.05, 0) is 107 Å². The van der Waals surface area contributed by atoms with Crippen molar-refractivity contribution in [2.24, 2.45) is 33.8 Å². The third-order valence-electron chi connectivity index (χ3n) is 14.5. The fourth-order valence-electron chi connectivity index (χ4n) is 9.65. The molecule has 29 nitrogen and oxygen atoms in total. The molecule has 2 aromatic carbocycles. The number of carboxylic acid groups (broad SMARTS) is 2. The lowest BCUT2D eigenvalue weighted by atomic mass is 10.0. The number of likely N-dealkylation sites (N-methyl/N-ethyl adjacent to an activating group) is 1. The predicted molar refractivity (Wildman–Crippen MR) is 319 cm³/mol. The van der Waals surface area contributed by atoms with Crippen LogP contribution in [0.2, 0.25) is 0 Å². The van der Waals surface area contributed by atoms with E-state index in [0.717, 1.165) is 4.90 Å². The molecule has 1 aliphatic heterocycles. The van der Waals surface area contributed by atoms with Crippen LogP contribution in [0.1, 0.15) is 116 Å². The highest BCUT2D eigenvalue weighted by molar-refractivity contribution is 5.99. The minimum Gasteiger partial charge on any atom is -0.508 e. The molecule has 0 spiro atoms. The first-order valence-corrected chi connectivity index (χ1v) is 29.3. The van der Waals surface area contributed by atoms with Gasteiger partial charge in [0.05, 0.1) is 19.1 Å². The largest absolute Gasteiger partial charge is 0.508 e. The number of guanidine groups is 1. The second-order valence-corrected chi connectivity index (χ2v) is 22.0. The number of hydrogen-bond donors (Lipinski definition) is 15. The molecular weight excluding hydrogens is 1130 g/mol. The lowest BCUT2D eigenvalue weighted by Crippen LogP contribution is -2.61. The highest BCUT2D eigenvalue weighted by Gasteiger charge is 2.42. The quantitative estimate of drug-likeness (QED) is 0.0191. The van der Waals surface area contributed by atoms with E-state index in [1.807, 2.05) is 6.92 Å². The number of hydrogen-bond acceptors (Lipinski definition) is 16. The van der Waals surface area contributed by atoms with Crippen LogP contribution < -0.4 is 60.2 Å². The minimum absolute atomic E-state index is 0.00166. The number of nitrogens with zero attached hydrogens (tertiary/aromatic N) is 3. The van der Waals surface area contributed by atoms with Crippen LogP contribution in [-0.2, 0) is 65.6 Å². The number of aliphatic hydroxyl groups excluding tert-OH is 1. The Bertz CT molecular complexity index is 2660. The molecule has 19 N–H and O–H groups in total. The van der Waals surface area contributed by atoms with Gasteiger partial charge in [0.25, 0.3) is 0 Å². The summed E-state index contributed by atoms with van der Waals surface area (Å²) in [5.41, 5.74) is 23.7. The first-order valence-electron chi connectivity index (χ1n) is 29.3. The average molecular weight is 1220 g/mol. The van der Waals surface area contributed by atoms with Crippen molar-refractivity contribution in [3.05, 3.63) is 65.7 Å². The molecule has 87 heavy (non-hydrogen) atoms. The number of carboxylic acids is 2. The standard InChI is InChI=1S/C58H90N14O15/c1-6-7-19-46(56(85)72-27-14-20-45(72)54(83)68-41(28-33(2)3)51(80)64-34(4)48(77)66-40(57(86)87)18-13-26-63-58(61)62)71(5)55(84)43(31-47(75)76)69-50(79)39(17-11-12-25-59)65-52(81)42(30-35-15-9-8-10-16-35)67-53(82)44(32-73)70-49(78)38(60)29-36-21-23-37(74)24-22-36/h8-10,15-16,21-24,33-34,38-46,73-74H,6-7,11-14,17-20,25-32,59-60H2,1-5H3,(H,64,80)(H,65,81)(H,66,77)(H,67,82)(H,68,83)(H,69,79)(H,70,78)(H,75,76)(H,86,87)(H4,61,62,63)/t34-,38+,39+,40+,41-,42+,43+,44+,45+,46+/m1/s1. The Hall–Kier alpha value is -8.44. The molecule has 0 unspecified atom stereocenters. The van der Waals surface area contributed by atoms with Gasteiger partial charge >= 0.3 is 11.9 Å². The van der Waals surface area contributed by atoms with Gasteiger partial charge in [-0.1, -0.05) is 76.1 Å². The molecule has 0 bridgehead atoms. The van der Waals surface area contributed by atoms with Crippen molar-refractivity contribution in [3.8, 4) is 5.75 Å². The van der Waals surface area contributed by atoms with Crippen LogP contribution in [0.5, 0.6) is 5.75 Å². The van der Waals surface area contributed by atoms with Crippen LogP contribution in [-0.4, -0.2) is 195 Å². The molecule has 9 amide bonds. The van der Waals surface area contributed by atoms with E-state index in [-0.39, 0.29) is 95.0 Å². The lowest BCUT2D eigenvalue weighted by Gasteiger charge is -2.35. The molecule has 1 aliphatic rings. The van der Waals surface area contributed by atoms with Crippen LogP contribution in [0.15, 0.2) is 59.6 Å². The van der Waals surface area contributed by atoms with Crippen molar-refractivity contribution < 1.29 is 73.2 Å². The maximum Gasteiger partial charge on any atom is 0.326 e. The molecular formula is C58H90N14O15. The van der Waals surface area contributed by atoms with Gasteiger partial charge in [-0.2, -0.15) is 0 Å². The number of aromatic hydroxyl groups is 1. The summed E-state index contributed by atoms with van der Waals surface area (Å²) in [4.78, 5) is 157. The van der Waals surface area contributed by atoms with E-state index in [9.17, 15) is 73.2 Å². The zero-order chi connectivity index (χ0) is 64.9. The summed E-state index contributed by atoms with van der Waals surface area (Å²) in [6, 6.07) is 0.625. The zero-order valence-corrected chi connectivity index (χ0v) is 50.2. The number of likely N-dealkylation sites (tertiary alicyclic amines) is 1. The van der Waals surface area contributed by atoms with Crippen LogP contribution in [0.3, 0.4) is 0 Å². The fraction of sp³-hybridized carbons (Fsp3) is 0.586. The maximum atomic E-state index is 14.7. The fourth-order valence-corrected chi connectivity index (χ4v) is 9.65. The number of nitrogens with two attached hydrogens (primary N) is 4. The van der Waals surface area contributed by atoms with Crippen LogP contribution in [0.4, 0.5) is 0 Å². The number of carbonyl (C=O) groups is 11. The van der Waals surface area contributed by atoms with Gasteiger partial charge in [0.1, 0.15) is 60.1 Å². The molecule has 10 atom stereocenters. The monoisotopic (exact) mass is 1220 g/mol. The van der Waals surface area contributed by atoms with Crippen molar-refractivity contribution in [2.75, 3.05) is 33.3 Å². The number of phenolic OH excluding ortho intramolecular Hbond substituents is 1. The number of carbonyl (C=O) groups excluding carboxylic acids is 9. The molecule has 3 rings (SSSR count). The summed E-state index contributed by atoms with van der Waals surface area (Å²) < 4.78 is 0. The van der Waals surface area contributed by atoms with E-state index in [2.05, 4.69) is 42.2 Å². The number of nitrogens with one attached hydrogen (secondary N) is 7. The first-order chi connectivity index (χ1) is 41.2. The van der Waals surface area contributed by atoms with Crippen molar-refractivity contribution in [2.45, 2.75) is 178 Å². The van der Waals surface area contributed by atoms with Crippen LogP contribution in [0, 0.1) is 5.92 Å². The van der Waals surface area contributed by atoms with Crippen molar-refractivity contribution >= 4 is 71.1 Å². The summed E-state index contributed by atoms with van der Waals surface area (Å²) in [5.74, 6) is -10.8. The molecule has 0 saturated carbocycles. The molecule has 0 radical (unpaired) electrons. The topological polar surface area (TPSA) is 476 Å². The van der Waals surface area contributed by atoms with Gasteiger partial charge in [-0.15, -0.1) is 0 Å². The van der Waals surface area contributed by atoms with E-state index in [4.69, 9.17) is 22.9 Å². The highest BCUT2D eigenvalue weighted by Crippen LogP contribution is 2.24. The van der Waals surface area contributed by atoms with Gasteiger partial charge in [0.2, 0.25) is 53.2 Å². The SMILES string of the molecule is CCCC[C@@H](C(=O)N1CCC[C@H]1C(=O)N[C@H](CC(C)C)C(=O)N[C@H](C)C(=O)N[C@@H](CCCN=C(N)N)C(=O)O)N(C)C(=O)[C@H](CC(=O)O)NC(=O)[C@H](CCCCN)NC(=O)[C@H](Cc1ccccc1)NC(=O)[C@H](CO)NC(=O)[C@@H](N)Cc1ccc(O)cc1. The summed E-state index contributed by atoms with van der Waals surface area (Å²) in [6.45, 7) is 6.24. The molecule has 2 aromatic rings. The maximum absolute atomic E-state index is 14.7. The number of aliphatic imine (C=N–C) groups is 1. The molecule has 0 aromatic heterocycles. The number of benzene rings is 2. The Morgan fingerprint density at radius 2 is 1.24 bits per heavy atom. The molecule has 1 saturated heterocycles. The number of unbranched alkanes of at least 4 members (excludes halogenated alkanes) is 2. The third-order valence-corrected chi connectivity index (χ3v) is 14.5. The lowest BCUT2D eigenvalue weighted by molar-refractivity contribution is -0.150. The third kappa shape index (κ3) is 24.8. The zero-order valence-electron chi connectivity index (χ0n) is 50.2. The minimum atomic E-state index is -1.82. The number of amides is 9. The van der Waals surface area contributed by atoms with Gasteiger partial charge in [0.15, 0.2) is 5.96 Å². The Kier molecular flexibility index (Phi) is 31.1. The molecule has 1 fully saturated rings. The first kappa shape index (κ1) is 72.8. The second-order valence-electron chi connectivity index (χ2n) is 22.0. The predicted octanol–water partition coefficient (Wildman–Crippen LogP) is -2.29. The molecule has 29 heteroatoms. The smallest absolute Gasteiger partial charge is 0.326 e. The van der Waals surface area contributed by atoms with E-state index in [1.54, 1.807) is 56.3 Å². The normalized spacial score (nSPS) is 16.0. The molecule has 0 aliphatic carbocycles. The molecule has 482 valence electrons. The Balaban J connectivity index is 1.85. The van der Waals surface area contributed by atoms with Crippen molar-refractivity contribution in [1.29, 1.82) is 0 Å². The van der Waals surface area contributed by atoms with Crippen molar-refractivity contribution in [3.63, 3.8) is 0 Å². The van der Waals surface area contributed by atoms with E-state index < -0.39 is 139 Å². The van der Waals surface area contributed by atoms with Gasteiger partial charge in [-0.25, -0.2) is 4.79 Å². The van der Waals surface area contributed by atoms with Gasteiger partial charge < -0.3 is 90.4 Å². The molecule has 1 heterocycles. The Morgan fingerprint density at radius 1 is 0.667 bits per heavy atom. The Labute approximate surface area is 506 Å². The number of aliphatic carboxylic acids is 2. The average Bonchev–Trinajstić information content (AvgIpc) is 3.70.